The molecule has 0 fully saturated rings. The van der Waals surface area contributed by atoms with Crippen molar-refractivity contribution in [2.24, 2.45) is 5.14 Å². The van der Waals surface area contributed by atoms with Gasteiger partial charge in [0.2, 0.25) is 10.0 Å². The second-order valence-corrected chi connectivity index (χ2v) is 6.55. The van der Waals surface area contributed by atoms with Gasteiger partial charge in [0, 0.05) is 0 Å². The van der Waals surface area contributed by atoms with Gasteiger partial charge in [-0.3, -0.25) is 0 Å². The Bertz CT molecular complexity index is 763. The molecular weight excluding hydrogens is 345 g/mol. The Balaban J connectivity index is 2.38. The van der Waals surface area contributed by atoms with Gasteiger partial charge in [-0.05, 0) is 30.3 Å². The van der Waals surface area contributed by atoms with Crippen LogP contribution in [0, 0.1) is 0 Å². The van der Waals surface area contributed by atoms with E-state index in [2.05, 4.69) is 0 Å². The molecule has 0 aliphatic carbocycles. The van der Waals surface area contributed by atoms with Gasteiger partial charge in [-0.2, -0.15) is 0 Å². The molecule has 0 unspecified atom stereocenters. The highest BCUT2D eigenvalue weighted by Crippen LogP contribution is 2.37. The predicted octanol–water partition coefficient (Wildman–Crippen LogP) is 4.09. The van der Waals surface area contributed by atoms with E-state index in [4.69, 9.17) is 44.7 Å². The fraction of sp³-hybridized carbons (Fsp3) is 0. The van der Waals surface area contributed by atoms with Gasteiger partial charge in [0.25, 0.3) is 0 Å². The van der Waals surface area contributed by atoms with Crippen molar-refractivity contribution >= 4 is 44.8 Å². The first kappa shape index (κ1) is 15.4. The zero-order chi connectivity index (χ0) is 14.9. The van der Waals surface area contributed by atoms with Crippen LogP contribution in [0.15, 0.2) is 41.3 Å². The van der Waals surface area contributed by atoms with Crippen LogP contribution in [-0.4, -0.2) is 8.42 Å². The van der Waals surface area contributed by atoms with E-state index in [-0.39, 0.29) is 20.7 Å². The van der Waals surface area contributed by atoms with Crippen LogP contribution in [0.1, 0.15) is 0 Å². The first-order valence-electron chi connectivity index (χ1n) is 5.23. The molecule has 0 saturated carbocycles. The standard InChI is InChI=1S/C12H8Cl3NO3S/c13-8-2-1-3-11(12(8)15)19-10-5-4-7(6-9(10)14)20(16,17)18/h1-6H,(H2,16,17,18). The first-order chi connectivity index (χ1) is 9.29. The lowest BCUT2D eigenvalue weighted by Gasteiger charge is -2.10. The third-order valence-electron chi connectivity index (χ3n) is 2.37. The molecule has 2 aromatic rings. The van der Waals surface area contributed by atoms with E-state index in [0.717, 1.165) is 0 Å². The average Bonchev–Trinajstić information content (AvgIpc) is 2.36. The zero-order valence-corrected chi connectivity index (χ0v) is 12.9. The van der Waals surface area contributed by atoms with Crippen molar-refractivity contribution in [3.8, 4) is 11.5 Å². The van der Waals surface area contributed by atoms with Crippen molar-refractivity contribution in [1.29, 1.82) is 0 Å². The van der Waals surface area contributed by atoms with E-state index in [1.165, 1.54) is 18.2 Å². The van der Waals surface area contributed by atoms with Crippen molar-refractivity contribution in [1.82, 2.24) is 0 Å². The van der Waals surface area contributed by atoms with E-state index in [1.807, 2.05) is 0 Å². The highest BCUT2D eigenvalue weighted by atomic mass is 35.5. The molecule has 2 aromatic carbocycles. The van der Waals surface area contributed by atoms with Gasteiger partial charge < -0.3 is 4.74 Å². The number of hydrogen-bond acceptors (Lipinski definition) is 3. The van der Waals surface area contributed by atoms with Gasteiger partial charge >= 0.3 is 0 Å². The summed E-state index contributed by atoms with van der Waals surface area (Å²) >= 11 is 17.8. The summed E-state index contributed by atoms with van der Waals surface area (Å²) in [6.45, 7) is 0. The molecule has 0 amide bonds. The highest BCUT2D eigenvalue weighted by molar-refractivity contribution is 7.89. The number of ether oxygens (including phenoxy) is 1. The molecule has 0 atom stereocenters. The summed E-state index contributed by atoms with van der Waals surface area (Å²) in [5.41, 5.74) is 0. The molecule has 0 radical (unpaired) electrons. The Hall–Kier alpha value is -0.980. The van der Waals surface area contributed by atoms with Crippen LogP contribution in [-0.2, 0) is 10.0 Å². The molecule has 2 N–H and O–H groups in total. The minimum atomic E-state index is -3.82. The summed E-state index contributed by atoms with van der Waals surface area (Å²) in [5.74, 6) is 0.549. The van der Waals surface area contributed by atoms with E-state index >= 15 is 0 Å². The van der Waals surface area contributed by atoms with Gasteiger partial charge in [0.1, 0.15) is 16.5 Å². The minimum absolute atomic E-state index is 0.0903. The zero-order valence-electron chi connectivity index (χ0n) is 9.81. The summed E-state index contributed by atoms with van der Waals surface area (Å²) in [5, 5.41) is 5.67. The Kier molecular flexibility index (Phi) is 4.46. The summed E-state index contributed by atoms with van der Waals surface area (Å²) in [6.07, 6.45) is 0. The number of rotatable bonds is 3. The molecular formula is C12H8Cl3NO3S. The normalized spacial score (nSPS) is 11.4. The average molecular weight is 353 g/mol. The topological polar surface area (TPSA) is 69.4 Å². The van der Waals surface area contributed by atoms with Gasteiger partial charge in [-0.15, -0.1) is 0 Å². The van der Waals surface area contributed by atoms with Gasteiger partial charge in [-0.25, -0.2) is 13.6 Å². The molecule has 0 saturated heterocycles. The lowest BCUT2D eigenvalue weighted by atomic mass is 10.3. The third-order valence-corrected chi connectivity index (χ3v) is 4.38. The Morgan fingerprint density at radius 3 is 2.25 bits per heavy atom. The van der Waals surface area contributed by atoms with Crippen molar-refractivity contribution < 1.29 is 13.2 Å². The van der Waals surface area contributed by atoms with Crippen LogP contribution >= 0.6 is 34.8 Å². The second kappa shape index (κ2) is 5.79. The van der Waals surface area contributed by atoms with E-state index in [9.17, 15) is 8.42 Å². The maximum absolute atomic E-state index is 11.2. The summed E-state index contributed by atoms with van der Waals surface area (Å²) in [4.78, 5) is -0.105. The van der Waals surface area contributed by atoms with Crippen molar-refractivity contribution in [2.75, 3.05) is 0 Å². The molecule has 8 heteroatoms. The molecule has 106 valence electrons. The number of nitrogens with two attached hydrogens (primary N) is 1. The third kappa shape index (κ3) is 3.37. The molecule has 0 bridgehead atoms. The van der Waals surface area contributed by atoms with Crippen LogP contribution in [0.25, 0.3) is 0 Å². The molecule has 0 aliphatic rings. The van der Waals surface area contributed by atoms with Crippen LogP contribution < -0.4 is 9.88 Å². The van der Waals surface area contributed by atoms with Gasteiger partial charge in [0.15, 0.2) is 0 Å². The summed E-state index contributed by atoms with van der Waals surface area (Å²) < 4.78 is 27.9. The van der Waals surface area contributed by atoms with E-state index in [0.29, 0.717) is 10.8 Å². The second-order valence-electron chi connectivity index (χ2n) is 3.79. The monoisotopic (exact) mass is 351 g/mol. The van der Waals surface area contributed by atoms with Crippen LogP contribution in [0.4, 0.5) is 0 Å². The number of primary sulfonamides is 1. The number of hydrogen-bond donors (Lipinski definition) is 1. The highest BCUT2D eigenvalue weighted by Gasteiger charge is 2.13. The van der Waals surface area contributed by atoms with E-state index in [1.54, 1.807) is 18.2 Å². The smallest absolute Gasteiger partial charge is 0.238 e. The van der Waals surface area contributed by atoms with Crippen LogP contribution in [0.3, 0.4) is 0 Å². The predicted molar refractivity (Wildman–Crippen MR) is 79.4 cm³/mol. The largest absolute Gasteiger partial charge is 0.454 e. The van der Waals surface area contributed by atoms with Crippen molar-refractivity contribution in [3.05, 3.63) is 51.5 Å². The molecule has 20 heavy (non-hydrogen) atoms. The maximum Gasteiger partial charge on any atom is 0.238 e. The lowest BCUT2D eigenvalue weighted by Crippen LogP contribution is -2.11. The molecule has 4 nitrogen and oxygen atoms in total. The molecule has 0 spiro atoms. The first-order valence-corrected chi connectivity index (χ1v) is 7.91. The van der Waals surface area contributed by atoms with Crippen LogP contribution in [0.5, 0.6) is 11.5 Å². The number of halogens is 3. The Labute approximate surface area is 131 Å². The fourth-order valence-electron chi connectivity index (χ4n) is 1.42. The molecule has 0 aliphatic heterocycles. The maximum atomic E-state index is 11.2. The Morgan fingerprint density at radius 2 is 1.65 bits per heavy atom. The lowest BCUT2D eigenvalue weighted by molar-refractivity contribution is 0.482. The molecule has 2 rings (SSSR count). The van der Waals surface area contributed by atoms with Crippen molar-refractivity contribution in [2.45, 2.75) is 4.90 Å². The minimum Gasteiger partial charge on any atom is -0.454 e. The van der Waals surface area contributed by atoms with Crippen molar-refractivity contribution in [3.63, 3.8) is 0 Å². The van der Waals surface area contributed by atoms with Crippen LogP contribution in [0.2, 0.25) is 15.1 Å². The summed E-state index contributed by atoms with van der Waals surface area (Å²) in [6, 6.07) is 8.76. The molecule has 0 aromatic heterocycles. The molecule has 0 heterocycles. The Morgan fingerprint density at radius 1 is 0.950 bits per heavy atom. The summed E-state index contributed by atoms with van der Waals surface area (Å²) in [7, 11) is -3.82. The quantitative estimate of drug-likeness (QED) is 0.904. The van der Waals surface area contributed by atoms with E-state index < -0.39 is 10.0 Å². The van der Waals surface area contributed by atoms with Gasteiger partial charge in [0.05, 0.1) is 14.9 Å². The SMILES string of the molecule is NS(=O)(=O)c1ccc(Oc2cccc(Cl)c2Cl)c(Cl)c1. The fourth-order valence-corrected chi connectivity index (χ4v) is 2.58. The number of benzene rings is 2. The number of sulfonamides is 1. The van der Waals surface area contributed by atoms with Gasteiger partial charge in [-0.1, -0.05) is 40.9 Å².